The molecule has 1 aromatic carbocycles. The maximum Gasteiger partial charge on any atom is 0.0652 e. The van der Waals surface area contributed by atoms with Gasteiger partial charge in [-0.1, -0.05) is 12.1 Å². The Morgan fingerprint density at radius 3 is 2.76 bits per heavy atom. The van der Waals surface area contributed by atoms with Crippen LogP contribution < -0.4 is 5.32 Å². The number of nitrogens with zero attached hydrogens (tertiary/aromatic N) is 1. The summed E-state index contributed by atoms with van der Waals surface area (Å²) in [7, 11) is 0. The lowest BCUT2D eigenvalue weighted by Crippen LogP contribution is -2.21. The predicted molar refractivity (Wildman–Crippen MR) is 87.5 cm³/mol. The van der Waals surface area contributed by atoms with Crippen LogP contribution in [0.4, 0.5) is 0 Å². The summed E-state index contributed by atoms with van der Waals surface area (Å²) in [5.74, 6) is 0. The smallest absolute Gasteiger partial charge is 0.0652 e. The van der Waals surface area contributed by atoms with Crippen LogP contribution in [0.5, 0.6) is 0 Å². The van der Waals surface area contributed by atoms with Crippen LogP contribution in [0.25, 0.3) is 10.9 Å². The second kappa shape index (κ2) is 5.82. The van der Waals surface area contributed by atoms with Crippen molar-refractivity contribution in [2.45, 2.75) is 58.3 Å². The molecule has 0 amide bonds. The first-order valence-corrected chi connectivity index (χ1v) is 7.96. The molecule has 1 heterocycles. The summed E-state index contributed by atoms with van der Waals surface area (Å²) in [6, 6.07) is 9.70. The van der Waals surface area contributed by atoms with Gasteiger partial charge in [-0.3, -0.25) is 0 Å². The van der Waals surface area contributed by atoms with Crippen molar-refractivity contribution in [2.24, 2.45) is 0 Å². The number of benzene rings is 1. The summed E-state index contributed by atoms with van der Waals surface area (Å²) < 4.78 is 8.13. The molecule has 1 N–H and O–H groups in total. The third kappa shape index (κ3) is 4.08. The number of hydrogen-bond acceptors (Lipinski definition) is 2. The fourth-order valence-electron chi connectivity index (χ4n) is 2.53. The largest absolute Gasteiger partial charge is 0.374 e. The zero-order valence-corrected chi connectivity index (χ0v) is 13.4. The zero-order chi connectivity index (χ0) is 14.9. The topological polar surface area (TPSA) is 26.2 Å². The normalized spacial score (nSPS) is 15.8. The highest BCUT2D eigenvalue weighted by molar-refractivity contribution is 5.80. The molecule has 114 valence electrons. The van der Waals surface area contributed by atoms with Crippen LogP contribution in [-0.4, -0.2) is 22.8 Å². The van der Waals surface area contributed by atoms with E-state index in [0.29, 0.717) is 0 Å². The van der Waals surface area contributed by atoms with Crippen molar-refractivity contribution in [1.82, 2.24) is 9.88 Å². The van der Waals surface area contributed by atoms with E-state index in [9.17, 15) is 0 Å². The molecule has 3 heteroatoms. The fourth-order valence-corrected chi connectivity index (χ4v) is 2.53. The zero-order valence-electron chi connectivity index (χ0n) is 13.4. The van der Waals surface area contributed by atoms with Gasteiger partial charge in [-0.15, -0.1) is 0 Å². The number of rotatable bonds is 6. The molecule has 0 unspecified atom stereocenters. The van der Waals surface area contributed by atoms with Crippen molar-refractivity contribution in [3.05, 3.63) is 36.0 Å². The Balaban J connectivity index is 1.67. The van der Waals surface area contributed by atoms with Crippen LogP contribution in [0.15, 0.2) is 30.5 Å². The third-order valence-electron chi connectivity index (χ3n) is 3.88. The van der Waals surface area contributed by atoms with Gasteiger partial charge in [0.2, 0.25) is 0 Å². The first kappa shape index (κ1) is 14.6. The molecule has 0 radical (unpaired) electrons. The van der Waals surface area contributed by atoms with Crippen LogP contribution in [0.3, 0.4) is 0 Å². The number of hydrogen-bond donors (Lipinski definition) is 1. The minimum Gasteiger partial charge on any atom is -0.374 e. The molecule has 1 aromatic heterocycles. The van der Waals surface area contributed by atoms with Crippen LogP contribution in [-0.2, 0) is 17.8 Å². The molecule has 0 aliphatic heterocycles. The summed E-state index contributed by atoms with van der Waals surface area (Å²) in [5.41, 5.74) is 2.61. The molecule has 2 aromatic rings. The minimum absolute atomic E-state index is 0.0672. The van der Waals surface area contributed by atoms with Crippen molar-refractivity contribution >= 4 is 10.9 Å². The Kier molecular flexibility index (Phi) is 4.05. The van der Waals surface area contributed by atoms with E-state index < -0.39 is 0 Å². The fraction of sp³-hybridized carbons (Fsp3) is 0.556. The van der Waals surface area contributed by atoms with Crippen LogP contribution in [0.1, 0.15) is 39.2 Å². The monoisotopic (exact) mass is 286 g/mol. The van der Waals surface area contributed by atoms with E-state index in [0.717, 1.165) is 25.7 Å². The Hall–Kier alpha value is -1.32. The number of ether oxygens (including phenoxy) is 1. The quantitative estimate of drug-likeness (QED) is 0.876. The average molecular weight is 286 g/mol. The van der Waals surface area contributed by atoms with E-state index in [-0.39, 0.29) is 5.60 Å². The molecule has 21 heavy (non-hydrogen) atoms. The van der Waals surface area contributed by atoms with Gasteiger partial charge >= 0.3 is 0 Å². The van der Waals surface area contributed by atoms with Crippen LogP contribution in [0.2, 0.25) is 0 Å². The Bertz CT molecular complexity index is 605. The van der Waals surface area contributed by atoms with E-state index in [1.807, 2.05) is 0 Å². The minimum atomic E-state index is -0.0672. The summed E-state index contributed by atoms with van der Waals surface area (Å²) in [5, 5.41) is 4.88. The second-order valence-corrected chi connectivity index (χ2v) is 7.02. The van der Waals surface area contributed by atoms with Crippen molar-refractivity contribution in [3.63, 3.8) is 0 Å². The molecular weight excluding hydrogens is 260 g/mol. The van der Waals surface area contributed by atoms with E-state index in [4.69, 9.17) is 4.74 Å². The molecule has 3 nitrogen and oxygen atoms in total. The van der Waals surface area contributed by atoms with Crippen LogP contribution >= 0.6 is 0 Å². The van der Waals surface area contributed by atoms with Gasteiger partial charge in [0.15, 0.2) is 0 Å². The van der Waals surface area contributed by atoms with Crippen molar-refractivity contribution in [3.8, 4) is 0 Å². The predicted octanol–water partition coefficient (Wildman–Crippen LogP) is 3.71. The lowest BCUT2D eigenvalue weighted by Gasteiger charge is -2.19. The molecule has 1 saturated carbocycles. The highest BCUT2D eigenvalue weighted by Crippen LogP contribution is 2.21. The molecule has 0 atom stereocenters. The second-order valence-electron chi connectivity index (χ2n) is 7.02. The summed E-state index contributed by atoms with van der Waals surface area (Å²) in [4.78, 5) is 0. The van der Waals surface area contributed by atoms with Crippen molar-refractivity contribution < 1.29 is 4.74 Å². The average Bonchev–Trinajstić information content (AvgIpc) is 3.17. The number of fused-ring (bicyclic) bond motifs is 1. The molecule has 1 fully saturated rings. The molecule has 0 saturated heterocycles. The Morgan fingerprint density at radius 2 is 2.05 bits per heavy atom. The van der Waals surface area contributed by atoms with Gasteiger partial charge in [0.05, 0.1) is 12.2 Å². The summed E-state index contributed by atoms with van der Waals surface area (Å²) in [6.45, 7) is 8.93. The highest BCUT2D eigenvalue weighted by Gasteiger charge is 2.20. The SMILES string of the molecule is CC(C)(C)OCCn1ccc2ccc(CNC3CC3)cc21. The lowest BCUT2D eigenvalue weighted by molar-refractivity contribution is -0.00644. The van der Waals surface area contributed by atoms with Crippen molar-refractivity contribution in [2.75, 3.05) is 6.61 Å². The van der Waals surface area contributed by atoms with Crippen molar-refractivity contribution in [1.29, 1.82) is 0 Å². The van der Waals surface area contributed by atoms with E-state index in [2.05, 4.69) is 61.1 Å². The van der Waals surface area contributed by atoms with Gasteiger partial charge in [0.1, 0.15) is 0 Å². The van der Waals surface area contributed by atoms with Gasteiger partial charge in [0.25, 0.3) is 0 Å². The van der Waals surface area contributed by atoms with Gasteiger partial charge < -0.3 is 14.6 Å². The van der Waals surface area contributed by atoms with Gasteiger partial charge in [-0.05, 0) is 56.7 Å². The Labute approximate surface area is 127 Å². The number of aromatic nitrogens is 1. The molecular formula is C18H26N2O. The molecule has 0 spiro atoms. The highest BCUT2D eigenvalue weighted by atomic mass is 16.5. The molecule has 0 bridgehead atoms. The van der Waals surface area contributed by atoms with E-state index in [1.54, 1.807) is 0 Å². The van der Waals surface area contributed by atoms with Gasteiger partial charge in [-0.2, -0.15) is 0 Å². The molecule has 1 aliphatic carbocycles. The van der Waals surface area contributed by atoms with Gasteiger partial charge in [-0.25, -0.2) is 0 Å². The molecule has 1 aliphatic rings. The van der Waals surface area contributed by atoms with E-state index in [1.165, 1.54) is 29.3 Å². The standard InChI is InChI=1S/C18H26N2O/c1-18(2,3)21-11-10-20-9-8-15-5-4-14(12-17(15)20)13-19-16-6-7-16/h4-5,8-9,12,16,19H,6-7,10-11,13H2,1-3H3. The third-order valence-corrected chi connectivity index (χ3v) is 3.88. The maximum atomic E-state index is 5.84. The molecule has 3 rings (SSSR count). The maximum absolute atomic E-state index is 5.84. The summed E-state index contributed by atoms with van der Waals surface area (Å²) >= 11 is 0. The lowest BCUT2D eigenvalue weighted by atomic mass is 10.1. The summed E-state index contributed by atoms with van der Waals surface area (Å²) in [6.07, 6.45) is 4.83. The van der Waals surface area contributed by atoms with Crippen LogP contribution in [0, 0.1) is 0 Å². The van der Waals surface area contributed by atoms with E-state index >= 15 is 0 Å². The number of nitrogens with one attached hydrogen (secondary N) is 1. The van der Waals surface area contributed by atoms with Gasteiger partial charge in [0, 0.05) is 30.8 Å². The Morgan fingerprint density at radius 1 is 1.24 bits per heavy atom. The first-order valence-electron chi connectivity index (χ1n) is 7.96. The first-order chi connectivity index (χ1) is 10.0.